The lowest BCUT2D eigenvalue weighted by molar-refractivity contribution is -0.107. The van der Waals surface area contributed by atoms with Crippen LogP contribution in [0.2, 0.25) is 0 Å². The third-order valence-electron chi connectivity index (χ3n) is 2.66. The second-order valence-corrected chi connectivity index (χ2v) is 4.14. The number of Topliss-reactive ketones (excluding diaryl/α,β-unsaturated/α-hetero) is 1. The summed E-state index contributed by atoms with van der Waals surface area (Å²) in [5.74, 6) is 0.504. The minimum absolute atomic E-state index is 0.118. The molecule has 20 heavy (non-hydrogen) atoms. The van der Waals surface area contributed by atoms with E-state index < -0.39 is 0 Å². The highest BCUT2D eigenvalue weighted by Gasteiger charge is 2.16. The van der Waals surface area contributed by atoms with Gasteiger partial charge >= 0.3 is 0 Å². The van der Waals surface area contributed by atoms with Gasteiger partial charge in [0.15, 0.2) is 17.3 Å². The summed E-state index contributed by atoms with van der Waals surface area (Å²) in [6, 6.07) is 5.02. The summed E-state index contributed by atoms with van der Waals surface area (Å²) >= 11 is 0. The third-order valence-corrected chi connectivity index (χ3v) is 2.66. The highest BCUT2D eigenvalue weighted by atomic mass is 16.5. The van der Waals surface area contributed by atoms with Crippen LogP contribution in [0.4, 0.5) is 0 Å². The zero-order valence-corrected chi connectivity index (χ0v) is 11.6. The van der Waals surface area contributed by atoms with E-state index in [4.69, 9.17) is 14.7 Å². The van der Waals surface area contributed by atoms with Crippen LogP contribution in [0, 0.1) is 11.3 Å². The molecule has 0 N–H and O–H groups in total. The zero-order valence-electron chi connectivity index (χ0n) is 11.6. The lowest BCUT2D eigenvalue weighted by Crippen LogP contribution is -2.05. The fourth-order valence-electron chi connectivity index (χ4n) is 1.69. The second kappa shape index (κ2) is 7.95. The molecule has 0 saturated heterocycles. The van der Waals surface area contributed by atoms with Crippen LogP contribution in [0.5, 0.6) is 11.5 Å². The molecule has 5 nitrogen and oxygen atoms in total. The van der Waals surface area contributed by atoms with Crippen molar-refractivity contribution >= 4 is 12.1 Å². The van der Waals surface area contributed by atoms with Crippen LogP contribution >= 0.6 is 0 Å². The third kappa shape index (κ3) is 3.82. The van der Waals surface area contributed by atoms with E-state index in [1.165, 1.54) is 13.2 Å². The van der Waals surface area contributed by atoms with Crippen molar-refractivity contribution < 1.29 is 19.1 Å². The van der Waals surface area contributed by atoms with E-state index in [9.17, 15) is 9.59 Å². The molecule has 0 saturated carbocycles. The Morgan fingerprint density at radius 3 is 2.75 bits per heavy atom. The van der Waals surface area contributed by atoms with E-state index in [0.717, 1.165) is 6.42 Å². The molecule has 0 aliphatic carbocycles. The predicted octanol–water partition coefficient (Wildman–Crippen LogP) is 2.52. The van der Waals surface area contributed by atoms with Crippen molar-refractivity contribution in [1.29, 1.82) is 5.26 Å². The number of ether oxygens (including phenoxy) is 2. The standard InChI is InChI=1S/C15H17NO4/c1-3-7-20-15-12(10-16)8-11(9-14(15)19-2)13(18)5-4-6-17/h6,8-9H,3-5,7H2,1-2H3. The van der Waals surface area contributed by atoms with Crippen LogP contribution in [-0.4, -0.2) is 25.8 Å². The van der Waals surface area contributed by atoms with Crippen LogP contribution in [0.3, 0.4) is 0 Å². The maximum Gasteiger partial charge on any atom is 0.178 e. The largest absolute Gasteiger partial charge is 0.493 e. The molecule has 0 bridgehead atoms. The first-order valence-corrected chi connectivity index (χ1v) is 6.39. The summed E-state index contributed by atoms with van der Waals surface area (Å²) in [4.78, 5) is 22.2. The summed E-state index contributed by atoms with van der Waals surface area (Å²) in [5.41, 5.74) is 0.608. The summed E-state index contributed by atoms with van der Waals surface area (Å²) in [5, 5.41) is 9.17. The Labute approximate surface area is 118 Å². The lowest BCUT2D eigenvalue weighted by atomic mass is 10.0. The van der Waals surface area contributed by atoms with Gasteiger partial charge in [0.05, 0.1) is 19.3 Å². The molecule has 5 heteroatoms. The number of methoxy groups -OCH3 is 1. The van der Waals surface area contributed by atoms with E-state index in [0.29, 0.717) is 30.0 Å². The first kappa shape index (κ1) is 15.7. The topological polar surface area (TPSA) is 76.4 Å². The maximum absolute atomic E-state index is 11.9. The van der Waals surface area contributed by atoms with E-state index in [1.807, 2.05) is 13.0 Å². The van der Waals surface area contributed by atoms with Gasteiger partial charge in [-0.1, -0.05) is 6.92 Å². The highest BCUT2D eigenvalue weighted by molar-refractivity contribution is 5.98. The molecular formula is C15H17NO4. The second-order valence-electron chi connectivity index (χ2n) is 4.14. The van der Waals surface area contributed by atoms with Crippen molar-refractivity contribution in [2.75, 3.05) is 13.7 Å². The monoisotopic (exact) mass is 275 g/mol. The van der Waals surface area contributed by atoms with Crippen molar-refractivity contribution in [3.63, 3.8) is 0 Å². The number of rotatable bonds is 8. The van der Waals surface area contributed by atoms with Gasteiger partial charge in [-0.25, -0.2) is 0 Å². The van der Waals surface area contributed by atoms with Crippen molar-refractivity contribution in [2.45, 2.75) is 26.2 Å². The Kier molecular flexibility index (Phi) is 6.24. The number of carbonyl (C=O) groups excluding carboxylic acids is 2. The summed E-state index contributed by atoms with van der Waals surface area (Å²) in [7, 11) is 1.45. The number of ketones is 1. The van der Waals surface area contributed by atoms with Gasteiger partial charge in [0.1, 0.15) is 12.4 Å². The van der Waals surface area contributed by atoms with Gasteiger partial charge in [0, 0.05) is 18.4 Å². The molecule has 0 atom stereocenters. The number of nitriles is 1. The normalized spacial score (nSPS) is 9.65. The Balaban J connectivity index is 3.15. The quantitative estimate of drug-likeness (QED) is 0.538. The van der Waals surface area contributed by atoms with Gasteiger partial charge in [0.25, 0.3) is 0 Å². The van der Waals surface area contributed by atoms with E-state index in [2.05, 4.69) is 0 Å². The fraction of sp³-hybridized carbons (Fsp3) is 0.400. The first-order valence-electron chi connectivity index (χ1n) is 6.39. The molecule has 0 unspecified atom stereocenters. The molecule has 0 spiro atoms. The van der Waals surface area contributed by atoms with E-state index in [-0.39, 0.29) is 24.2 Å². The van der Waals surface area contributed by atoms with Gasteiger partial charge in [0.2, 0.25) is 0 Å². The van der Waals surface area contributed by atoms with Gasteiger partial charge in [-0.3, -0.25) is 4.79 Å². The van der Waals surface area contributed by atoms with Crippen LogP contribution in [-0.2, 0) is 4.79 Å². The summed E-state index contributed by atoms with van der Waals surface area (Å²) in [6.45, 7) is 2.42. The minimum Gasteiger partial charge on any atom is -0.493 e. The number of benzene rings is 1. The zero-order chi connectivity index (χ0) is 15.0. The average Bonchev–Trinajstić information content (AvgIpc) is 2.49. The molecule has 0 aliphatic heterocycles. The molecule has 0 amide bonds. The molecule has 0 aromatic heterocycles. The fourth-order valence-corrected chi connectivity index (χ4v) is 1.69. The molecule has 1 aromatic carbocycles. The smallest absolute Gasteiger partial charge is 0.178 e. The van der Waals surface area contributed by atoms with Gasteiger partial charge in [-0.05, 0) is 18.6 Å². The highest BCUT2D eigenvalue weighted by Crippen LogP contribution is 2.33. The Morgan fingerprint density at radius 1 is 1.45 bits per heavy atom. The predicted molar refractivity (Wildman–Crippen MR) is 73.1 cm³/mol. The van der Waals surface area contributed by atoms with Crippen molar-refractivity contribution in [3.8, 4) is 17.6 Å². The van der Waals surface area contributed by atoms with Crippen LogP contribution in [0.15, 0.2) is 12.1 Å². The number of hydrogen-bond acceptors (Lipinski definition) is 5. The molecular weight excluding hydrogens is 258 g/mol. The number of aldehydes is 1. The van der Waals surface area contributed by atoms with E-state index >= 15 is 0 Å². The molecule has 1 rings (SSSR count). The first-order chi connectivity index (χ1) is 9.67. The minimum atomic E-state index is -0.200. The molecule has 0 aliphatic rings. The maximum atomic E-state index is 11.9. The molecule has 0 radical (unpaired) electrons. The molecule has 1 aromatic rings. The Bertz CT molecular complexity index is 531. The van der Waals surface area contributed by atoms with Crippen molar-refractivity contribution in [2.24, 2.45) is 0 Å². The molecule has 0 heterocycles. The van der Waals surface area contributed by atoms with Crippen LogP contribution < -0.4 is 9.47 Å². The molecule has 106 valence electrons. The van der Waals surface area contributed by atoms with Crippen LogP contribution in [0.1, 0.15) is 42.1 Å². The number of nitrogens with zero attached hydrogens (tertiary/aromatic N) is 1. The van der Waals surface area contributed by atoms with E-state index in [1.54, 1.807) is 6.07 Å². The summed E-state index contributed by atoms with van der Waals surface area (Å²) < 4.78 is 10.7. The van der Waals surface area contributed by atoms with Gasteiger partial charge in [-0.2, -0.15) is 5.26 Å². The number of hydrogen-bond donors (Lipinski definition) is 0. The molecule has 0 fully saturated rings. The average molecular weight is 275 g/mol. The Hall–Kier alpha value is -2.35. The van der Waals surface area contributed by atoms with Gasteiger partial charge < -0.3 is 14.3 Å². The van der Waals surface area contributed by atoms with Crippen molar-refractivity contribution in [1.82, 2.24) is 0 Å². The SMILES string of the molecule is CCCOc1c(C#N)cc(C(=O)CCC=O)cc1OC. The van der Waals surface area contributed by atoms with Crippen LogP contribution in [0.25, 0.3) is 0 Å². The van der Waals surface area contributed by atoms with Gasteiger partial charge in [-0.15, -0.1) is 0 Å². The lowest BCUT2D eigenvalue weighted by Gasteiger charge is -2.13. The Morgan fingerprint density at radius 2 is 2.20 bits per heavy atom. The number of carbonyl (C=O) groups is 2. The summed E-state index contributed by atoms with van der Waals surface area (Å²) in [6.07, 6.45) is 1.77. The van der Waals surface area contributed by atoms with Crippen molar-refractivity contribution in [3.05, 3.63) is 23.3 Å².